The Morgan fingerprint density at radius 1 is 1.21 bits per heavy atom. The van der Waals surface area contributed by atoms with Gasteiger partial charge < -0.3 is 14.3 Å². The number of aromatic carboxylic acids is 1. The first kappa shape index (κ1) is 12.3. The lowest BCUT2D eigenvalue weighted by atomic mass is 9.93. The van der Waals surface area contributed by atoms with Crippen molar-refractivity contribution in [2.75, 3.05) is 13.1 Å². The second-order valence-electron chi connectivity index (χ2n) is 5.15. The number of rotatable bonds is 2. The lowest BCUT2D eigenvalue weighted by Crippen LogP contribution is -2.29. The highest BCUT2D eigenvalue weighted by Gasteiger charge is 2.24. The molecule has 2 aliphatic rings. The number of aryl methyl sites for hydroxylation is 1. The van der Waals surface area contributed by atoms with Crippen molar-refractivity contribution in [3.8, 4) is 0 Å². The lowest BCUT2D eigenvalue weighted by Gasteiger charge is -2.26. The minimum absolute atomic E-state index is 0.144. The Hall–Kier alpha value is -1.78. The number of furan rings is 1. The molecule has 1 aliphatic heterocycles. The van der Waals surface area contributed by atoms with Crippen LogP contribution in [0.1, 0.15) is 53.8 Å². The Morgan fingerprint density at radius 3 is 2.74 bits per heavy atom. The van der Waals surface area contributed by atoms with Gasteiger partial charge >= 0.3 is 0 Å². The highest BCUT2D eigenvalue weighted by molar-refractivity contribution is 6.09. The monoisotopic (exact) mass is 261 g/mol. The molecule has 5 nitrogen and oxygen atoms in total. The molecule has 0 spiro atoms. The van der Waals surface area contributed by atoms with Crippen LogP contribution in [0.5, 0.6) is 0 Å². The molecule has 5 heteroatoms. The van der Waals surface area contributed by atoms with E-state index in [2.05, 4.69) is 10.1 Å². The number of fused-ring (bicyclic) bond motifs is 1. The molecule has 1 aromatic heterocycles. The second kappa shape index (κ2) is 5.07. The molecule has 1 saturated heterocycles. The Kier molecular flexibility index (Phi) is 3.27. The predicted octanol–water partition coefficient (Wildman–Crippen LogP) is 1.17. The van der Waals surface area contributed by atoms with Crippen molar-refractivity contribution >= 4 is 11.7 Å². The highest BCUT2D eigenvalue weighted by Crippen LogP contribution is 2.27. The molecule has 1 aromatic rings. The molecule has 1 aliphatic carbocycles. The summed E-state index contributed by atoms with van der Waals surface area (Å²) in [5.74, 6) is -0.445. The number of piperidine rings is 1. The number of hydrogen-bond donors (Lipinski definition) is 0. The normalized spacial score (nSPS) is 21.5. The number of nitrogens with zero attached hydrogens (tertiary/aromatic N) is 2. The summed E-state index contributed by atoms with van der Waals surface area (Å²) in [6, 6.07) is 0. The number of carboxylic acid groups (broad SMARTS) is 1. The summed E-state index contributed by atoms with van der Waals surface area (Å²) in [7, 11) is 0. The number of hydrogen-bond acceptors (Lipinski definition) is 5. The molecule has 0 aromatic carbocycles. The smallest absolute Gasteiger partial charge is 0.113 e. The fraction of sp³-hybridized carbons (Fsp3) is 0.571. The van der Waals surface area contributed by atoms with Crippen LogP contribution in [0.25, 0.3) is 0 Å². The third-order valence-electron chi connectivity index (χ3n) is 3.79. The minimum atomic E-state index is -1.18. The van der Waals surface area contributed by atoms with E-state index in [4.69, 9.17) is 4.42 Å². The molecule has 19 heavy (non-hydrogen) atoms. The van der Waals surface area contributed by atoms with Crippen LogP contribution in [0.2, 0.25) is 0 Å². The van der Waals surface area contributed by atoms with Gasteiger partial charge in [0.2, 0.25) is 0 Å². The van der Waals surface area contributed by atoms with Gasteiger partial charge in [-0.2, -0.15) is 5.10 Å². The molecule has 1 fully saturated rings. The zero-order chi connectivity index (χ0) is 13.2. The molecule has 0 saturated carbocycles. The molecule has 102 valence electrons. The molecule has 0 amide bonds. The van der Waals surface area contributed by atoms with Crippen molar-refractivity contribution in [3.05, 3.63) is 23.2 Å². The summed E-state index contributed by atoms with van der Waals surface area (Å²) in [5, 5.41) is 17.8. The van der Waals surface area contributed by atoms with Gasteiger partial charge in [0, 0.05) is 30.6 Å². The van der Waals surface area contributed by atoms with Crippen molar-refractivity contribution in [1.29, 1.82) is 0 Å². The van der Waals surface area contributed by atoms with E-state index in [1.807, 2.05) is 0 Å². The summed E-state index contributed by atoms with van der Waals surface area (Å²) in [5.41, 5.74) is 1.65. The Morgan fingerprint density at radius 2 is 2.00 bits per heavy atom. The summed E-state index contributed by atoms with van der Waals surface area (Å²) in [4.78, 5) is 11.1. The largest absolute Gasteiger partial charge is 0.545 e. The topological polar surface area (TPSA) is 68.9 Å². The van der Waals surface area contributed by atoms with Gasteiger partial charge in [-0.3, -0.25) is 5.01 Å². The quantitative estimate of drug-likeness (QED) is 0.801. The standard InChI is InChI=1S/C14H18N2O3/c17-14(18)10-9-19-12-6-4-5-11(13(10)12)15-16-7-2-1-3-8-16/h9H,1-8H2,(H,17,18)/p-1/b15-11-. The van der Waals surface area contributed by atoms with Crippen molar-refractivity contribution in [1.82, 2.24) is 5.01 Å². The maximum atomic E-state index is 11.1. The van der Waals surface area contributed by atoms with Crippen LogP contribution in [-0.4, -0.2) is 29.8 Å². The minimum Gasteiger partial charge on any atom is -0.545 e. The van der Waals surface area contributed by atoms with E-state index in [0.717, 1.165) is 56.7 Å². The molecule has 0 radical (unpaired) electrons. The summed E-state index contributed by atoms with van der Waals surface area (Å²) < 4.78 is 5.35. The molecule has 0 bridgehead atoms. The molecule has 0 N–H and O–H groups in total. The predicted molar refractivity (Wildman–Crippen MR) is 67.9 cm³/mol. The van der Waals surface area contributed by atoms with E-state index in [1.165, 1.54) is 12.7 Å². The van der Waals surface area contributed by atoms with Crippen molar-refractivity contribution < 1.29 is 14.3 Å². The van der Waals surface area contributed by atoms with Gasteiger partial charge in [-0.1, -0.05) is 0 Å². The third kappa shape index (κ3) is 2.37. The average molecular weight is 261 g/mol. The van der Waals surface area contributed by atoms with Crippen LogP contribution in [-0.2, 0) is 6.42 Å². The molecular formula is C14H17N2O3-. The Labute approximate surface area is 111 Å². The maximum Gasteiger partial charge on any atom is 0.113 e. The second-order valence-corrected chi connectivity index (χ2v) is 5.15. The third-order valence-corrected chi connectivity index (χ3v) is 3.79. The van der Waals surface area contributed by atoms with Crippen LogP contribution < -0.4 is 5.11 Å². The SMILES string of the molecule is O=C([O-])c1coc2c1/C(=N\N1CCCCC1)CCC2. The van der Waals surface area contributed by atoms with Gasteiger partial charge in [0.05, 0.1) is 11.7 Å². The number of hydrazone groups is 1. The van der Waals surface area contributed by atoms with Gasteiger partial charge in [0.25, 0.3) is 0 Å². The Bertz CT molecular complexity index is 513. The highest BCUT2D eigenvalue weighted by atomic mass is 16.4. The van der Waals surface area contributed by atoms with E-state index >= 15 is 0 Å². The van der Waals surface area contributed by atoms with Gasteiger partial charge in [0.1, 0.15) is 12.0 Å². The Balaban J connectivity index is 1.94. The molecule has 0 unspecified atom stereocenters. The average Bonchev–Trinajstić information content (AvgIpc) is 2.85. The fourth-order valence-electron chi connectivity index (χ4n) is 2.84. The van der Waals surface area contributed by atoms with Gasteiger partial charge in [-0.25, -0.2) is 0 Å². The number of carbonyl (C=O) groups is 1. The first-order valence-corrected chi connectivity index (χ1v) is 6.90. The number of carbonyl (C=O) groups excluding carboxylic acids is 1. The van der Waals surface area contributed by atoms with Gasteiger partial charge in [0.15, 0.2) is 0 Å². The maximum absolute atomic E-state index is 11.1. The zero-order valence-electron chi connectivity index (χ0n) is 10.9. The van der Waals surface area contributed by atoms with E-state index in [0.29, 0.717) is 5.56 Å². The van der Waals surface area contributed by atoms with Crippen molar-refractivity contribution in [2.24, 2.45) is 5.10 Å². The van der Waals surface area contributed by atoms with Crippen LogP contribution in [0.3, 0.4) is 0 Å². The van der Waals surface area contributed by atoms with Crippen LogP contribution >= 0.6 is 0 Å². The molecule has 3 rings (SSSR count). The van der Waals surface area contributed by atoms with Crippen LogP contribution in [0.15, 0.2) is 15.8 Å². The van der Waals surface area contributed by atoms with E-state index in [-0.39, 0.29) is 5.56 Å². The molecule has 0 atom stereocenters. The van der Waals surface area contributed by atoms with E-state index < -0.39 is 5.97 Å². The first-order chi connectivity index (χ1) is 9.25. The lowest BCUT2D eigenvalue weighted by molar-refractivity contribution is -0.255. The fourth-order valence-corrected chi connectivity index (χ4v) is 2.84. The zero-order valence-corrected chi connectivity index (χ0v) is 10.9. The van der Waals surface area contributed by atoms with E-state index in [9.17, 15) is 9.90 Å². The molecular weight excluding hydrogens is 244 g/mol. The summed E-state index contributed by atoms with van der Waals surface area (Å²) >= 11 is 0. The first-order valence-electron chi connectivity index (χ1n) is 6.90. The van der Waals surface area contributed by atoms with Crippen molar-refractivity contribution in [2.45, 2.75) is 38.5 Å². The summed E-state index contributed by atoms with van der Waals surface area (Å²) in [6.45, 7) is 1.91. The van der Waals surface area contributed by atoms with E-state index in [1.54, 1.807) is 0 Å². The number of carboxylic acids is 1. The van der Waals surface area contributed by atoms with Gasteiger partial charge in [-0.05, 0) is 32.1 Å². The van der Waals surface area contributed by atoms with Crippen LogP contribution in [0, 0.1) is 0 Å². The molecule has 2 heterocycles. The van der Waals surface area contributed by atoms with Gasteiger partial charge in [-0.15, -0.1) is 0 Å². The summed E-state index contributed by atoms with van der Waals surface area (Å²) in [6.07, 6.45) is 7.40. The van der Waals surface area contributed by atoms with Crippen LogP contribution in [0.4, 0.5) is 0 Å². The van der Waals surface area contributed by atoms with Crippen molar-refractivity contribution in [3.63, 3.8) is 0 Å².